The van der Waals surface area contributed by atoms with Crippen LogP contribution in [0, 0.1) is 0 Å². The molecule has 29 heavy (non-hydrogen) atoms. The number of nitrogens with one attached hydrogen (secondary N) is 2. The van der Waals surface area contributed by atoms with Crippen LogP contribution in [0.2, 0.25) is 4.34 Å². The quantitative estimate of drug-likeness (QED) is 0.629. The Hall–Kier alpha value is -1.69. The molecule has 2 heterocycles. The third-order valence-corrected chi connectivity index (χ3v) is 6.66. The third-order valence-electron chi connectivity index (χ3n) is 4.27. The number of hydrogen-bond donors (Lipinski definition) is 2. The minimum Gasteiger partial charge on any atom is -0.399 e. The fourth-order valence-electron chi connectivity index (χ4n) is 2.85. The summed E-state index contributed by atoms with van der Waals surface area (Å²) >= 11 is 6.88. The number of carbonyl (C=O) groups excluding carboxylic acids is 1. The first-order valence-corrected chi connectivity index (χ1v) is 12.0. The van der Waals surface area contributed by atoms with Gasteiger partial charge in [0.1, 0.15) is 0 Å². The lowest BCUT2D eigenvalue weighted by Crippen LogP contribution is -2.54. The van der Waals surface area contributed by atoms with E-state index >= 15 is 0 Å². The van der Waals surface area contributed by atoms with Gasteiger partial charge in [-0.05, 0) is 17.7 Å². The molecule has 0 bridgehead atoms. The van der Waals surface area contributed by atoms with E-state index in [4.69, 9.17) is 16.3 Å². The average molecular weight is 459 g/mol. The van der Waals surface area contributed by atoms with Gasteiger partial charge in [0.15, 0.2) is 5.06 Å². The number of benzene rings is 1. The molecule has 0 radical (unpaired) electrons. The minimum atomic E-state index is -3.55. The van der Waals surface area contributed by atoms with Crippen molar-refractivity contribution < 1.29 is 17.9 Å². The van der Waals surface area contributed by atoms with Crippen LogP contribution in [0.5, 0.6) is 5.06 Å². The number of amides is 1. The number of hydrogen-bond acceptors (Lipinski definition) is 7. The van der Waals surface area contributed by atoms with E-state index in [1.807, 2.05) is 18.2 Å². The maximum Gasteiger partial charge on any atom is 0.413 e. The highest BCUT2D eigenvalue weighted by molar-refractivity contribution is 7.89. The summed E-state index contributed by atoms with van der Waals surface area (Å²) in [4.78, 5) is 16.5. The minimum absolute atomic E-state index is 0.0543. The van der Waals surface area contributed by atoms with Crippen molar-refractivity contribution in [2.45, 2.75) is 6.54 Å². The van der Waals surface area contributed by atoms with E-state index in [-0.39, 0.29) is 12.3 Å². The zero-order valence-corrected chi connectivity index (χ0v) is 18.1. The number of thiophene rings is 1. The normalized spacial score (nSPS) is 15.9. The van der Waals surface area contributed by atoms with Crippen molar-refractivity contribution >= 4 is 39.1 Å². The second-order valence-electron chi connectivity index (χ2n) is 6.53. The Balaban J connectivity index is 1.35. The van der Waals surface area contributed by atoms with Crippen LogP contribution in [0.3, 0.4) is 0 Å². The van der Waals surface area contributed by atoms with Gasteiger partial charge in [0.2, 0.25) is 10.0 Å². The number of piperazine rings is 1. The molecule has 0 saturated carbocycles. The maximum absolute atomic E-state index is 12.2. The van der Waals surface area contributed by atoms with Crippen LogP contribution in [-0.4, -0.2) is 62.9 Å². The van der Waals surface area contributed by atoms with Gasteiger partial charge >= 0.3 is 6.09 Å². The molecule has 0 aliphatic carbocycles. The molecular formula is C18H23ClN4O4S2. The van der Waals surface area contributed by atoms with Gasteiger partial charge < -0.3 is 10.1 Å². The lowest BCUT2D eigenvalue weighted by atomic mass is 10.2. The maximum atomic E-state index is 12.2. The second kappa shape index (κ2) is 10.4. The summed E-state index contributed by atoms with van der Waals surface area (Å²) in [5.41, 5.74) is 1.24. The van der Waals surface area contributed by atoms with Crippen LogP contribution in [-0.2, 0) is 16.6 Å². The molecule has 1 aliphatic rings. The highest BCUT2D eigenvalue weighted by Gasteiger charge is 2.21. The van der Waals surface area contributed by atoms with Gasteiger partial charge in [0, 0.05) is 39.3 Å². The topological polar surface area (TPSA) is 91.0 Å². The standard InChI is InChI=1S/C18H23ClN4O4S2/c19-16-6-7-17(28-16)27-18(24)20-8-13-29(25,26)21-23-11-9-22(10-12-23)14-15-4-2-1-3-5-15/h1-7,21H,8-14H2,(H,20,24). The fourth-order valence-corrected chi connectivity index (χ4v) is 4.76. The average Bonchev–Trinajstić information content (AvgIpc) is 3.08. The second-order valence-corrected chi connectivity index (χ2v) is 10.0. The molecule has 8 nitrogen and oxygen atoms in total. The van der Waals surface area contributed by atoms with E-state index in [9.17, 15) is 13.2 Å². The van der Waals surface area contributed by atoms with Crippen LogP contribution in [0.4, 0.5) is 4.79 Å². The summed E-state index contributed by atoms with van der Waals surface area (Å²) in [7, 11) is -3.55. The van der Waals surface area contributed by atoms with Gasteiger partial charge in [-0.2, -0.15) is 0 Å². The molecule has 0 unspecified atom stereocenters. The molecule has 1 aliphatic heterocycles. The Morgan fingerprint density at radius 2 is 1.83 bits per heavy atom. The van der Waals surface area contributed by atoms with Gasteiger partial charge in [-0.25, -0.2) is 18.2 Å². The first-order chi connectivity index (χ1) is 13.9. The number of ether oxygens (including phenoxy) is 1. The molecule has 1 fully saturated rings. The number of sulfonamides is 1. The largest absolute Gasteiger partial charge is 0.413 e. The predicted molar refractivity (Wildman–Crippen MR) is 114 cm³/mol. The molecule has 158 valence electrons. The van der Waals surface area contributed by atoms with Gasteiger partial charge in [0.25, 0.3) is 0 Å². The van der Waals surface area contributed by atoms with Crippen LogP contribution < -0.4 is 14.9 Å². The van der Waals surface area contributed by atoms with Crippen molar-refractivity contribution in [2.24, 2.45) is 0 Å². The smallest absolute Gasteiger partial charge is 0.399 e. The van der Waals surface area contributed by atoms with Crippen molar-refractivity contribution in [3.05, 3.63) is 52.4 Å². The number of rotatable bonds is 8. The van der Waals surface area contributed by atoms with E-state index in [0.29, 0.717) is 22.5 Å². The monoisotopic (exact) mass is 458 g/mol. The third kappa shape index (κ3) is 7.57. The summed E-state index contributed by atoms with van der Waals surface area (Å²) in [6.07, 6.45) is -0.715. The fraction of sp³-hybridized carbons (Fsp3) is 0.389. The first kappa shape index (κ1) is 22.0. The summed E-state index contributed by atoms with van der Waals surface area (Å²) in [5.74, 6) is -0.239. The summed E-state index contributed by atoms with van der Waals surface area (Å²) in [5, 5.41) is 4.47. The van der Waals surface area contributed by atoms with Crippen molar-refractivity contribution in [2.75, 3.05) is 38.5 Å². The Kier molecular flexibility index (Phi) is 7.87. The highest BCUT2D eigenvalue weighted by atomic mass is 35.5. The molecule has 1 amide bonds. The lowest BCUT2D eigenvalue weighted by molar-refractivity contribution is 0.111. The molecular weight excluding hydrogens is 436 g/mol. The van der Waals surface area contributed by atoms with Gasteiger partial charge in [-0.3, -0.25) is 4.90 Å². The van der Waals surface area contributed by atoms with Crippen LogP contribution >= 0.6 is 22.9 Å². The SMILES string of the molecule is O=C(NCCS(=O)(=O)NN1CCN(Cc2ccccc2)CC1)Oc1ccc(Cl)s1. The Bertz CT molecular complexity index is 900. The van der Waals surface area contributed by atoms with E-state index < -0.39 is 16.1 Å². The van der Waals surface area contributed by atoms with E-state index in [1.54, 1.807) is 17.1 Å². The van der Waals surface area contributed by atoms with Crippen molar-refractivity contribution in [1.82, 2.24) is 20.1 Å². The van der Waals surface area contributed by atoms with E-state index in [0.717, 1.165) is 31.0 Å². The molecule has 3 rings (SSSR count). The van der Waals surface area contributed by atoms with Crippen LogP contribution in [0.15, 0.2) is 42.5 Å². The zero-order chi connectivity index (χ0) is 20.7. The number of nitrogens with zero attached hydrogens (tertiary/aromatic N) is 2. The molecule has 0 atom stereocenters. The van der Waals surface area contributed by atoms with Gasteiger partial charge in [-0.1, -0.05) is 53.3 Å². The summed E-state index contributed by atoms with van der Waals surface area (Å²) < 4.78 is 30.0. The highest BCUT2D eigenvalue weighted by Crippen LogP contribution is 2.28. The molecule has 1 saturated heterocycles. The first-order valence-electron chi connectivity index (χ1n) is 9.12. The number of hydrazine groups is 1. The molecule has 11 heteroatoms. The Morgan fingerprint density at radius 1 is 1.10 bits per heavy atom. The van der Waals surface area contributed by atoms with Crippen LogP contribution in [0.25, 0.3) is 0 Å². The number of carbonyl (C=O) groups is 1. The lowest BCUT2D eigenvalue weighted by Gasteiger charge is -2.34. The van der Waals surface area contributed by atoms with Crippen molar-refractivity contribution in [1.29, 1.82) is 0 Å². The Labute approximate surface area is 179 Å². The Morgan fingerprint density at radius 3 is 2.48 bits per heavy atom. The molecule has 2 aromatic rings. The van der Waals surface area contributed by atoms with Crippen molar-refractivity contribution in [3.8, 4) is 5.06 Å². The van der Waals surface area contributed by atoms with Crippen molar-refractivity contribution in [3.63, 3.8) is 0 Å². The molecule has 1 aromatic heterocycles. The number of halogens is 1. The van der Waals surface area contributed by atoms with Gasteiger partial charge in [-0.15, -0.1) is 4.83 Å². The van der Waals surface area contributed by atoms with E-state index in [2.05, 4.69) is 27.2 Å². The zero-order valence-electron chi connectivity index (χ0n) is 15.7. The van der Waals surface area contributed by atoms with Gasteiger partial charge in [0.05, 0.1) is 10.1 Å². The van der Waals surface area contributed by atoms with Crippen LogP contribution in [0.1, 0.15) is 5.56 Å². The summed E-state index contributed by atoms with van der Waals surface area (Å²) in [6.45, 7) is 3.53. The molecule has 0 spiro atoms. The molecule has 1 aromatic carbocycles. The molecule has 2 N–H and O–H groups in total. The predicted octanol–water partition coefficient (Wildman–Crippen LogP) is 2.14. The van der Waals surface area contributed by atoms with E-state index in [1.165, 1.54) is 5.56 Å². The summed E-state index contributed by atoms with van der Waals surface area (Å²) in [6, 6.07) is 13.4.